The molecule has 0 saturated carbocycles. The van der Waals surface area contributed by atoms with Crippen LogP contribution in [0.4, 0.5) is 11.4 Å². The van der Waals surface area contributed by atoms with Gasteiger partial charge < -0.3 is 10.6 Å². The number of halogens is 1. The Kier molecular flexibility index (Phi) is 3.72. The summed E-state index contributed by atoms with van der Waals surface area (Å²) in [6.07, 6.45) is 6.45. The number of allylic oxidation sites excluding steroid dienone is 1. The van der Waals surface area contributed by atoms with E-state index < -0.39 is 5.00 Å². The first-order valence-electron chi connectivity index (χ1n) is 6.93. The second-order valence-electron chi connectivity index (χ2n) is 5.07. The summed E-state index contributed by atoms with van der Waals surface area (Å²) < 4.78 is 0. The highest BCUT2D eigenvalue weighted by molar-refractivity contribution is 6.27. The van der Waals surface area contributed by atoms with Gasteiger partial charge in [-0.3, -0.25) is 0 Å². The molecule has 1 atom stereocenters. The monoisotopic (exact) mass is 296 g/mol. The van der Waals surface area contributed by atoms with Crippen molar-refractivity contribution in [2.45, 2.75) is 11.4 Å². The number of para-hydroxylation sites is 2. The predicted molar refractivity (Wildman–Crippen MR) is 89.6 cm³/mol. The third-order valence-corrected chi connectivity index (χ3v) is 4.01. The maximum Gasteiger partial charge on any atom is 0.141 e. The van der Waals surface area contributed by atoms with Gasteiger partial charge in [0.05, 0.1) is 0 Å². The minimum Gasteiger partial charge on any atom is -0.399 e. The van der Waals surface area contributed by atoms with Crippen molar-refractivity contribution in [3.05, 3.63) is 84.6 Å². The minimum absolute atomic E-state index is 0.647. The van der Waals surface area contributed by atoms with Gasteiger partial charge in [-0.1, -0.05) is 54.1 Å². The van der Waals surface area contributed by atoms with Crippen LogP contribution in [0.3, 0.4) is 0 Å². The number of benzene rings is 2. The second kappa shape index (κ2) is 5.66. The Morgan fingerprint density at radius 3 is 1.86 bits per heavy atom. The molecule has 0 saturated heterocycles. The van der Waals surface area contributed by atoms with E-state index in [2.05, 4.69) is 29.2 Å². The topological polar surface area (TPSA) is 29.3 Å². The first kappa shape index (κ1) is 13.8. The first-order chi connectivity index (χ1) is 10.2. The molecule has 0 aromatic heterocycles. The molecule has 3 rings (SSSR count). The van der Waals surface area contributed by atoms with E-state index in [0.29, 0.717) is 6.42 Å². The zero-order valence-electron chi connectivity index (χ0n) is 11.6. The Balaban J connectivity index is 2.08. The van der Waals surface area contributed by atoms with Crippen LogP contribution in [0.5, 0.6) is 0 Å². The van der Waals surface area contributed by atoms with Crippen LogP contribution in [-0.4, -0.2) is 5.00 Å². The molecule has 0 amide bonds. The summed E-state index contributed by atoms with van der Waals surface area (Å²) in [6.45, 7) is 0. The highest BCUT2D eigenvalue weighted by atomic mass is 35.5. The van der Waals surface area contributed by atoms with E-state index in [1.165, 1.54) is 0 Å². The molecular weight excluding hydrogens is 280 g/mol. The van der Waals surface area contributed by atoms with Crippen molar-refractivity contribution in [1.82, 2.24) is 0 Å². The largest absolute Gasteiger partial charge is 0.399 e. The number of anilines is 2. The summed E-state index contributed by atoms with van der Waals surface area (Å²) in [4.78, 5) is 1.49. The standard InChI is InChI=1S/C18H17ClN2/c19-18(13-11-15(20)12-14-18)21(16-7-3-1-4-8-16)17-9-5-2-6-10-17/h1-13H,14,20H2. The van der Waals surface area contributed by atoms with Gasteiger partial charge in [0.1, 0.15) is 5.00 Å². The van der Waals surface area contributed by atoms with Crippen LogP contribution in [0.1, 0.15) is 6.42 Å². The zero-order chi connectivity index (χ0) is 14.7. The van der Waals surface area contributed by atoms with Crippen LogP contribution >= 0.6 is 11.6 Å². The molecule has 1 aliphatic carbocycles. The van der Waals surface area contributed by atoms with Gasteiger partial charge in [-0.2, -0.15) is 0 Å². The van der Waals surface area contributed by atoms with E-state index in [-0.39, 0.29) is 0 Å². The van der Waals surface area contributed by atoms with Gasteiger partial charge in [0.15, 0.2) is 0 Å². The fourth-order valence-corrected chi connectivity index (χ4v) is 2.85. The smallest absolute Gasteiger partial charge is 0.141 e. The molecular formula is C18H17ClN2. The lowest BCUT2D eigenvalue weighted by Gasteiger charge is -2.39. The molecule has 0 heterocycles. The molecule has 2 nitrogen and oxygen atoms in total. The number of hydrogen-bond donors (Lipinski definition) is 1. The third kappa shape index (κ3) is 2.81. The van der Waals surface area contributed by atoms with Crippen molar-refractivity contribution >= 4 is 23.0 Å². The van der Waals surface area contributed by atoms with E-state index in [1.54, 1.807) is 0 Å². The average Bonchev–Trinajstić information content (AvgIpc) is 2.53. The Morgan fingerprint density at radius 2 is 1.43 bits per heavy atom. The van der Waals surface area contributed by atoms with Crippen molar-refractivity contribution in [3.63, 3.8) is 0 Å². The quantitative estimate of drug-likeness (QED) is 0.664. The number of nitrogens with zero attached hydrogens (tertiary/aromatic N) is 1. The molecule has 0 bridgehead atoms. The normalized spacial score (nSPS) is 20.9. The van der Waals surface area contributed by atoms with Gasteiger partial charge in [0.2, 0.25) is 0 Å². The van der Waals surface area contributed by atoms with Crippen molar-refractivity contribution in [2.24, 2.45) is 5.73 Å². The van der Waals surface area contributed by atoms with Crippen molar-refractivity contribution in [2.75, 3.05) is 4.90 Å². The van der Waals surface area contributed by atoms with E-state index in [1.807, 2.05) is 54.6 Å². The summed E-state index contributed by atoms with van der Waals surface area (Å²) in [5.41, 5.74) is 8.69. The fourth-order valence-electron chi connectivity index (χ4n) is 2.52. The van der Waals surface area contributed by atoms with E-state index in [9.17, 15) is 0 Å². The molecule has 21 heavy (non-hydrogen) atoms. The van der Waals surface area contributed by atoms with Gasteiger partial charge in [-0.15, -0.1) is 0 Å². The van der Waals surface area contributed by atoms with Gasteiger partial charge in [-0.05, 0) is 36.4 Å². The second-order valence-corrected chi connectivity index (χ2v) is 5.72. The summed E-state index contributed by atoms with van der Waals surface area (Å²) in [5, 5.41) is 0. The lowest BCUT2D eigenvalue weighted by molar-refractivity contribution is 0.705. The van der Waals surface area contributed by atoms with E-state index in [0.717, 1.165) is 17.1 Å². The van der Waals surface area contributed by atoms with Crippen molar-refractivity contribution in [3.8, 4) is 0 Å². The maximum atomic E-state index is 6.91. The van der Waals surface area contributed by atoms with Crippen molar-refractivity contribution < 1.29 is 0 Å². The SMILES string of the molecule is NC1=CCC(Cl)(N(c2ccccc2)c2ccccc2)C=C1. The van der Waals surface area contributed by atoms with Crippen LogP contribution in [-0.2, 0) is 0 Å². The highest BCUT2D eigenvalue weighted by Crippen LogP contribution is 2.40. The predicted octanol–water partition coefficient (Wildman–Crippen LogP) is 4.56. The molecule has 1 aliphatic rings. The zero-order valence-corrected chi connectivity index (χ0v) is 12.4. The van der Waals surface area contributed by atoms with Crippen molar-refractivity contribution in [1.29, 1.82) is 0 Å². The summed E-state index contributed by atoms with van der Waals surface area (Å²) >= 11 is 6.91. The van der Waals surface area contributed by atoms with Crippen LogP contribution in [0.2, 0.25) is 0 Å². The van der Waals surface area contributed by atoms with Crippen LogP contribution < -0.4 is 10.6 Å². The first-order valence-corrected chi connectivity index (χ1v) is 7.31. The van der Waals surface area contributed by atoms with Crippen LogP contribution in [0.15, 0.2) is 84.6 Å². The molecule has 0 radical (unpaired) electrons. The average molecular weight is 297 g/mol. The number of hydrogen-bond acceptors (Lipinski definition) is 2. The van der Waals surface area contributed by atoms with Gasteiger partial charge >= 0.3 is 0 Å². The molecule has 0 fully saturated rings. The molecule has 2 aromatic carbocycles. The van der Waals surface area contributed by atoms with Crippen LogP contribution in [0, 0.1) is 0 Å². The molecule has 106 valence electrons. The molecule has 1 unspecified atom stereocenters. The Morgan fingerprint density at radius 1 is 0.905 bits per heavy atom. The Labute approximate surface area is 130 Å². The third-order valence-electron chi connectivity index (χ3n) is 3.56. The minimum atomic E-state index is -0.647. The maximum absolute atomic E-state index is 6.91. The lowest BCUT2D eigenvalue weighted by Crippen LogP contribution is -2.40. The number of rotatable bonds is 3. The van der Waals surface area contributed by atoms with Gasteiger partial charge in [0.25, 0.3) is 0 Å². The molecule has 3 heteroatoms. The van der Waals surface area contributed by atoms with E-state index in [4.69, 9.17) is 17.3 Å². The number of alkyl halides is 1. The summed E-state index contributed by atoms with van der Waals surface area (Å²) in [5.74, 6) is 0. The Bertz CT molecular complexity index is 625. The molecule has 2 aromatic rings. The fraction of sp³-hybridized carbons (Fsp3) is 0.111. The summed E-state index contributed by atoms with van der Waals surface area (Å²) in [7, 11) is 0. The molecule has 2 N–H and O–H groups in total. The van der Waals surface area contributed by atoms with Gasteiger partial charge in [-0.25, -0.2) is 0 Å². The number of nitrogens with two attached hydrogens (primary N) is 1. The summed E-state index contributed by atoms with van der Waals surface area (Å²) in [6, 6.07) is 20.3. The lowest BCUT2D eigenvalue weighted by atomic mass is 10.0. The van der Waals surface area contributed by atoms with Crippen LogP contribution in [0.25, 0.3) is 0 Å². The Hall–Kier alpha value is -2.19. The highest BCUT2D eigenvalue weighted by Gasteiger charge is 2.34. The molecule has 0 aliphatic heterocycles. The van der Waals surface area contributed by atoms with Gasteiger partial charge in [0, 0.05) is 23.5 Å². The molecule has 0 spiro atoms. The van der Waals surface area contributed by atoms with E-state index >= 15 is 0 Å².